The highest BCUT2D eigenvalue weighted by Crippen LogP contribution is 2.62. The van der Waals surface area contributed by atoms with E-state index in [0.29, 0.717) is 38.5 Å². The second kappa shape index (κ2) is 20.7. The van der Waals surface area contributed by atoms with Crippen molar-refractivity contribution >= 4 is 23.8 Å². The number of epoxide rings is 4. The molecule has 0 radical (unpaired) electrons. The second-order valence-corrected chi connectivity index (χ2v) is 23.9. The van der Waals surface area contributed by atoms with E-state index in [0.717, 1.165) is 90.3 Å². The predicted octanol–water partition coefficient (Wildman–Crippen LogP) is 7.33. The van der Waals surface area contributed by atoms with Crippen LogP contribution in [0.25, 0.3) is 0 Å². The third-order valence-corrected chi connectivity index (χ3v) is 19.6. The maximum absolute atomic E-state index is 13.7. The number of aliphatic carboxylic acids is 1. The number of methoxy groups -OCH3 is 4. The Morgan fingerprint density at radius 2 is 0.972 bits per heavy atom. The van der Waals surface area contributed by atoms with Crippen molar-refractivity contribution in [3.8, 4) is 0 Å². The number of nitrogens with two attached hydrogens (primary N) is 1. The van der Waals surface area contributed by atoms with Crippen LogP contribution in [0.15, 0.2) is 23.3 Å². The number of carboxylic acid groups (broad SMARTS) is 1. The number of nitrogens with one attached hydrogen (secondary N) is 1. The van der Waals surface area contributed by atoms with Crippen LogP contribution in [0.3, 0.4) is 0 Å². The molecule has 12 atom stereocenters. The van der Waals surface area contributed by atoms with E-state index < -0.39 is 11.4 Å². The van der Waals surface area contributed by atoms with Crippen LogP contribution in [0.2, 0.25) is 0 Å². The molecular formula is C54H84N4O13. The lowest BCUT2D eigenvalue weighted by Crippen LogP contribution is -2.62. The van der Waals surface area contributed by atoms with Gasteiger partial charge in [-0.2, -0.15) is 0 Å². The Labute approximate surface area is 421 Å². The summed E-state index contributed by atoms with van der Waals surface area (Å²) in [5, 5.41) is 24.6. The highest BCUT2D eigenvalue weighted by atomic mass is 16.6. The van der Waals surface area contributed by atoms with E-state index in [1.54, 1.807) is 14.2 Å². The number of fused-ring (bicyclic) bond motifs is 6. The van der Waals surface area contributed by atoms with Crippen molar-refractivity contribution < 1.29 is 62.2 Å². The van der Waals surface area contributed by atoms with E-state index in [1.807, 2.05) is 0 Å². The summed E-state index contributed by atoms with van der Waals surface area (Å²) >= 11 is 0. The first-order valence-electron chi connectivity index (χ1n) is 26.2. The first-order valence-corrected chi connectivity index (χ1v) is 26.2. The molecule has 12 aliphatic rings. The third-order valence-electron chi connectivity index (χ3n) is 19.6. The normalized spacial score (nSPS) is 44.6. The molecule has 4 N–H and O–H groups in total. The highest BCUT2D eigenvalue weighted by Gasteiger charge is 2.73. The molecule has 398 valence electrons. The summed E-state index contributed by atoms with van der Waals surface area (Å²) in [7, 11) is 6.38. The summed E-state index contributed by atoms with van der Waals surface area (Å²) < 4.78 is 46.0. The van der Waals surface area contributed by atoms with Crippen LogP contribution in [0.4, 0.5) is 0 Å². The number of esters is 2. The Bertz CT molecular complexity index is 2020. The summed E-state index contributed by atoms with van der Waals surface area (Å²) in [6.07, 6.45) is 18.8. The SMILES string of the molecule is COC(=O)C12CCC(C(=O)N[C@@H]3CC[C@]4(CO4)[C@@H]([C@@]4(C)O[C@@H]4CC=C(C)C)[C@@H]3OC)(CC1)CC2.COC(=O)C12CCC(C(=O)O)(CC1)CC2.CO[C@@H]1[C@H](N)CC[C@]2(CO2)[C@H]1[C@@]1(C)O[C@@H]1CC=C(C)C.N#N. The molecule has 17 nitrogen and oxygen atoms in total. The van der Waals surface area contributed by atoms with E-state index >= 15 is 0 Å². The Balaban J connectivity index is 0.000000169. The monoisotopic (exact) mass is 997 g/mol. The van der Waals surface area contributed by atoms with Gasteiger partial charge in [0.2, 0.25) is 5.91 Å². The smallest absolute Gasteiger partial charge is 0.311 e. The summed E-state index contributed by atoms with van der Waals surface area (Å²) in [6.45, 7) is 14.4. The van der Waals surface area contributed by atoms with Crippen molar-refractivity contribution in [2.45, 2.75) is 216 Å². The van der Waals surface area contributed by atoms with Crippen LogP contribution >= 0.6 is 0 Å². The predicted molar refractivity (Wildman–Crippen MR) is 259 cm³/mol. The number of allylic oxidation sites excluding steroid dienone is 2. The molecule has 4 saturated heterocycles. The minimum atomic E-state index is -0.694. The molecule has 1 amide bonds. The van der Waals surface area contributed by atoms with Crippen LogP contribution in [0.1, 0.15) is 157 Å². The zero-order valence-corrected chi connectivity index (χ0v) is 44.2. The number of hydrogen-bond acceptors (Lipinski definition) is 15. The molecule has 12 fully saturated rings. The molecule has 2 spiro atoms. The number of carboxylic acids is 1. The van der Waals surface area contributed by atoms with Gasteiger partial charge in [-0.15, -0.1) is 0 Å². The Kier molecular flexibility index (Phi) is 16.1. The van der Waals surface area contributed by atoms with Crippen molar-refractivity contribution in [3.05, 3.63) is 23.3 Å². The van der Waals surface area contributed by atoms with Crippen LogP contribution in [-0.2, 0) is 57.1 Å². The van der Waals surface area contributed by atoms with Gasteiger partial charge in [0.15, 0.2) is 0 Å². The molecule has 4 bridgehead atoms. The summed E-state index contributed by atoms with van der Waals surface area (Å²) in [5.41, 5.74) is 6.55. The lowest BCUT2D eigenvalue weighted by Gasteiger charge is -2.51. The molecule has 0 unspecified atom stereocenters. The lowest BCUT2D eigenvalue weighted by atomic mass is 9.53. The fraction of sp³-hybridized carbons (Fsp3) is 0.852. The number of hydrogen-bond donors (Lipinski definition) is 3. The van der Waals surface area contributed by atoms with E-state index in [-0.39, 0.29) is 105 Å². The maximum Gasteiger partial charge on any atom is 0.311 e. The molecule has 12 rings (SSSR count). The van der Waals surface area contributed by atoms with Gasteiger partial charge in [-0.05, 0) is 157 Å². The molecule has 4 aliphatic heterocycles. The molecule has 8 aliphatic carbocycles. The number of rotatable bonds is 13. The van der Waals surface area contributed by atoms with Gasteiger partial charge in [0, 0.05) is 48.3 Å². The fourth-order valence-corrected chi connectivity index (χ4v) is 14.6. The molecule has 0 aromatic carbocycles. The first-order chi connectivity index (χ1) is 33.6. The number of ether oxygens (including phenoxy) is 8. The van der Waals surface area contributed by atoms with Crippen LogP contribution in [0, 0.1) is 44.3 Å². The molecular weight excluding hydrogens is 913 g/mol. The molecule has 4 heterocycles. The number of nitrogens with zero attached hydrogens (tertiary/aromatic N) is 2. The van der Waals surface area contributed by atoms with E-state index in [9.17, 15) is 24.3 Å². The van der Waals surface area contributed by atoms with Crippen LogP contribution < -0.4 is 11.1 Å². The van der Waals surface area contributed by atoms with Gasteiger partial charge in [-0.3, -0.25) is 19.2 Å². The standard InChI is InChI=1S/C27H41NO6.C16H27NO3.C11H16O4.N2/c1-17(2)6-7-19-24(3,34-19)21-20(31-4)18(8-9-27(21)16-33-27)28-22(29)25-10-13-26(14-11-25,15-12-25)23(30)32-5;1-10(2)5-6-12-15(3,20-12)14-13(18-4)11(17)7-8-16(14)9-19-16;1-15-9(14)11-5-2-10(3-6-11,4-7-11)8(12)13;1-2/h6,18-21H,7-16H2,1-5H3,(H,28,29);5,11-14H,6-9,17H2,1-4H3;2-7H2,1H3,(H,12,13);/t18-,19-,20-,21-,24+,25?,26?,27+;11-,12-,13-,14-,15+,16+;;/m11../s1. The van der Waals surface area contributed by atoms with E-state index in [4.69, 9.17) is 54.4 Å². The van der Waals surface area contributed by atoms with Crippen molar-refractivity contribution in [2.24, 2.45) is 39.2 Å². The topological polar surface area (TPSA) is 261 Å². The molecule has 0 aromatic rings. The highest BCUT2D eigenvalue weighted by molar-refractivity contribution is 5.85. The zero-order chi connectivity index (χ0) is 52.0. The summed E-state index contributed by atoms with van der Waals surface area (Å²) in [5.74, 6) is -0.485. The van der Waals surface area contributed by atoms with Gasteiger partial charge in [0.05, 0.1) is 85.3 Å². The van der Waals surface area contributed by atoms with E-state index in [1.165, 1.54) is 25.4 Å². The van der Waals surface area contributed by atoms with Gasteiger partial charge >= 0.3 is 17.9 Å². The van der Waals surface area contributed by atoms with Crippen LogP contribution in [0.5, 0.6) is 0 Å². The van der Waals surface area contributed by atoms with Gasteiger partial charge < -0.3 is 54.1 Å². The number of carbonyl (C=O) groups excluding carboxylic acids is 3. The fourth-order valence-electron chi connectivity index (χ4n) is 14.6. The van der Waals surface area contributed by atoms with Gasteiger partial charge in [0.25, 0.3) is 0 Å². The van der Waals surface area contributed by atoms with Crippen molar-refractivity contribution in [3.63, 3.8) is 0 Å². The number of amides is 1. The molecule has 17 heteroatoms. The molecule has 71 heavy (non-hydrogen) atoms. The summed E-state index contributed by atoms with van der Waals surface area (Å²) in [6, 6.07) is 0.0241. The lowest BCUT2D eigenvalue weighted by molar-refractivity contribution is -0.172. The Hall–Kier alpha value is -3.50. The van der Waals surface area contributed by atoms with Gasteiger partial charge in [0.1, 0.15) is 11.2 Å². The second-order valence-electron chi connectivity index (χ2n) is 23.9. The van der Waals surface area contributed by atoms with Crippen molar-refractivity contribution in [1.82, 2.24) is 5.32 Å². The molecule has 8 saturated carbocycles. The molecule has 0 aromatic heterocycles. The Morgan fingerprint density at radius 1 is 0.606 bits per heavy atom. The van der Waals surface area contributed by atoms with Gasteiger partial charge in [-0.25, -0.2) is 0 Å². The largest absolute Gasteiger partial charge is 0.481 e. The average molecular weight is 997 g/mol. The third kappa shape index (κ3) is 10.2. The Morgan fingerprint density at radius 3 is 1.32 bits per heavy atom. The minimum absolute atomic E-state index is 0.0351. The van der Waals surface area contributed by atoms with Gasteiger partial charge in [-0.1, -0.05) is 23.3 Å². The summed E-state index contributed by atoms with van der Waals surface area (Å²) in [4.78, 5) is 48.9. The average Bonchev–Trinajstić information content (AvgIpc) is 4.28. The quantitative estimate of drug-likeness (QED) is 0.0706. The van der Waals surface area contributed by atoms with Crippen molar-refractivity contribution in [2.75, 3.05) is 41.7 Å². The zero-order valence-electron chi connectivity index (χ0n) is 44.2. The van der Waals surface area contributed by atoms with E-state index in [2.05, 4.69) is 59.0 Å². The van der Waals surface area contributed by atoms with Crippen LogP contribution in [-0.4, -0.2) is 129 Å². The first kappa shape index (κ1) is 55.3. The maximum atomic E-state index is 13.7. The van der Waals surface area contributed by atoms with Crippen molar-refractivity contribution in [1.29, 1.82) is 10.8 Å². The number of carbonyl (C=O) groups is 4. The minimum Gasteiger partial charge on any atom is -0.481 e.